The molecule has 0 unspecified atom stereocenters. The van der Waals surface area contributed by atoms with E-state index in [1.165, 1.54) is 0 Å². The van der Waals surface area contributed by atoms with Crippen molar-refractivity contribution in [2.75, 3.05) is 4.72 Å². The molecule has 0 fully saturated rings. The molecule has 1 aromatic heterocycles. The molecule has 0 saturated heterocycles. The maximum atomic E-state index is 12.9. The van der Waals surface area contributed by atoms with Crippen LogP contribution in [-0.2, 0) is 10.0 Å². The van der Waals surface area contributed by atoms with Crippen molar-refractivity contribution in [2.24, 2.45) is 0 Å². The lowest BCUT2D eigenvalue weighted by Gasteiger charge is -2.14. The van der Waals surface area contributed by atoms with E-state index in [2.05, 4.69) is 25.6 Å². The van der Waals surface area contributed by atoms with Crippen LogP contribution in [0.25, 0.3) is 10.9 Å². The topological polar surface area (TPSA) is 59.1 Å². The smallest absolute Gasteiger partial charge is 0.262 e. The number of fused-ring (bicyclic) bond motifs is 1. The fraction of sp³-hybridized carbons (Fsp3) is 0.118. The van der Waals surface area contributed by atoms with Crippen LogP contribution in [0.5, 0.6) is 0 Å². The number of aromatic nitrogens is 1. The second-order valence-corrected chi connectivity index (χ2v) is 7.88. The number of rotatable bonds is 3. The average molecular weight is 391 g/mol. The summed E-state index contributed by atoms with van der Waals surface area (Å²) < 4.78 is 29.3. The fourth-order valence-corrected chi connectivity index (χ4v) is 4.93. The van der Waals surface area contributed by atoms with Crippen molar-refractivity contribution >= 4 is 42.5 Å². The predicted octanol–water partition coefficient (Wildman–Crippen LogP) is 4.41. The molecule has 1 N–H and O–H groups in total. The Kier molecular flexibility index (Phi) is 4.12. The second-order valence-electron chi connectivity index (χ2n) is 5.35. The van der Waals surface area contributed by atoms with Gasteiger partial charge in [0, 0.05) is 16.1 Å². The first-order chi connectivity index (χ1) is 10.9. The number of hydrogen-bond acceptors (Lipinski definition) is 3. The van der Waals surface area contributed by atoms with Gasteiger partial charge in [-0.05, 0) is 61.4 Å². The van der Waals surface area contributed by atoms with Gasteiger partial charge in [0.1, 0.15) is 0 Å². The molecular formula is C17H15BrN2O2S. The van der Waals surface area contributed by atoms with Crippen molar-refractivity contribution in [3.8, 4) is 0 Å². The van der Waals surface area contributed by atoms with Gasteiger partial charge in [0.05, 0.1) is 16.1 Å². The molecule has 0 aliphatic carbocycles. The molecule has 23 heavy (non-hydrogen) atoms. The van der Waals surface area contributed by atoms with E-state index in [0.717, 1.165) is 15.4 Å². The zero-order valence-electron chi connectivity index (χ0n) is 12.7. The minimum absolute atomic E-state index is 0.307. The third kappa shape index (κ3) is 3.09. The number of aryl methyl sites for hydroxylation is 2. The molecule has 0 spiro atoms. The summed E-state index contributed by atoms with van der Waals surface area (Å²) in [5, 5.41) is 0.769. The number of sulfonamides is 1. The number of pyridine rings is 1. The zero-order chi connectivity index (χ0) is 16.6. The third-order valence-corrected chi connectivity index (χ3v) is 5.71. The van der Waals surface area contributed by atoms with Gasteiger partial charge in [-0.1, -0.05) is 22.0 Å². The van der Waals surface area contributed by atoms with Crippen LogP contribution in [-0.4, -0.2) is 13.4 Å². The van der Waals surface area contributed by atoms with E-state index in [9.17, 15) is 8.42 Å². The quantitative estimate of drug-likeness (QED) is 0.719. The summed E-state index contributed by atoms with van der Waals surface area (Å²) in [6.07, 6.45) is 1.68. The highest BCUT2D eigenvalue weighted by atomic mass is 79.9. The van der Waals surface area contributed by atoms with Crippen LogP contribution in [0.15, 0.2) is 58.0 Å². The highest BCUT2D eigenvalue weighted by Crippen LogP contribution is 2.29. The van der Waals surface area contributed by atoms with Gasteiger partial charge in [0.25, 0.3) is 10.0 Å². The van der Waals surface area contributed by atoms with Crippen molar-refractivity contribution in [1.82, 2.24) is 4.98 Å². The van der Waals surface area contributed by atoms with Gasteiger partial charge in [0.2, 0.25) is 0 Å². The molecule has 0 radical (unpaired) electrons. The van der Waals surface area contributed by atoms with Crippen LogP contribution in [0.1, 0.15) is 11.1 Å². The van der Waals surface area contributed by atoms with Gasteiger partial charge in [-0.15, -0.1) is 0 Å². The summed E-state index contributed by atoms with van der Waals surface area (Å²) in [5.41, 5.74) is 2.67. The van der Waals surface area contributed by atoms with Crippen LogP contribution < -0.4 is 4.72 Å². The molecule has 1 heterocycles. The fourth-order valence-electron chi connectivity index (χ4n) is 2.71. The zero-order valence-corrected chi connectivity index (χ0v) is 15.1. The Balaban J connectivity index is 2.12. The lowest BCUT2D eigenvalue weighted by molar-refractivity contribution is 0.600. The lowest BCUT2D eigenvalue weighted by atomic mass is 10.2. The summed E-state index contributed by atoms with van der Waals surface area (Å²) in [4.78, 5) is 4.56. The van der Waals surface area contributed by atoms with Crippen molar-refractivity contribution < 1.29 is 8.42 Å². The Bertz CT molecular complexity index is 972. The van der Waals surface area contributed by atoms with Gasteiger partial charge >= 0.3 is 0 Å². The standard InChI is InChI=1S/C17H15BrN2O2S/c1-11-9-13(18)10-12(2)17(11)23(21,22)20-16-7-3-6-15-14(16)5-4-8-19-15/h3-10,20H,1-2H3. The molecule has 0 saturated carbocycles. The highest BCUT2D eigenvalue weighted by Gasteiger charge is 2.21. The Morgan fingerprint density at radius 2 is 1.74 bits per heavy atom. The van der Waals surface area contributed by atoms with Crippen molar-refractivity contribution in [1.29, 1.82) is 0 Å². The molecule has 118 valence electrons. The Morgan fingerprint density at radius 1 is 1.04 bits per heavy atom. The van der Waals surface area contributed by atoms with E-state index in [1.54, 1.807) is 50.4 Å². The molecular weight excluding hydrogens is 376 g/mol. The van der Waals surface area contributed by atoms with E-state index in [1.807, 2.05) is 12.1 Å². The summed E-state index contributed by atoms with van der Waals surface area (Å²) in [7, 11) is -3.68. The number of anilines is 1. The van der Waals surface area contributed by atoms with Crippen molar-refractivity contribution in [3.63, 3.8) is 0 Å². The molecule has 0 atom stereocenters. The third-order valence-electron chi connectivity index (χ3n) is 3.58. The van der Waals surface area contributed by atoms with Crippen molar-refractivity contribution in [2.45, 2.75) is 18.7 Å². The lowest BCUT2D eigenvalue weighted by Crippen LogP contribution is -2.16. The Labute approximate surface area is 143 Å². The molecule has 3 rings (SSSR count). The first-order valence-corrected chi connectivity index (χ1v) is 9.29. The first kappa shape index (κ1) is 16.0. The van der Waals surface area contributed by atoms with E-state index in [0.29, 0.717) is 21.7 Å². The molecule has 3 aromatic rings. The van der Waals surface area contributed by atoms with Crippen LogP contribution >= 0.6 is 15.9 Å². The second kappa shape index (κ2) is 5.94. The molecule has 0 aliphatic rings. The number of nitrogens with zero attached hydrogens (tertiary/aromatic N) is 1. The number of benzene rings is 2. The minimum Gasteiger partial charge on any atom is -0.279 e. The van der Waals surface area contributed by atoms with Crippen LogP contribution in [0.3, 0.4) is 0 Å². The minimum atomic E-state index is -3.68. The largest absolute Gasteiger partial charge is 0.279 e. The number of hydrogen-bond donors (Lipinski definition) is 1. The number of nitrogens with one attached hydrogen (secondary N) is 1. The van der Waals surface area contributed by atoms with E-state index in [4.69, 9.17) is 0 Å². The van der Waals surface area contributed by atoms with Crippen LogP contribution in [0.4, 0.5) is 5.69 Å². The monoisotopic (exact) mass is 390 g/mol. The van der Waals surface area contributed by atoms with Crippen LogP contribution in [0.2, 0.25) is 0 Å². The molecule has 0 bridgehead atoms. The molecule has 4 nitrogen and oxygen atoms in total. The van der Waals surface area contributed by atoms with E-state index < -0.39 is 10.0 Å². The predicted molar refractivity (Wildman–Crippen MR) is 96.2 cm³/mol. The maximum Gasteiger partial charge on any atom is 0.262 e. The Morgan fingerprint density at radius 3 is 2.43 bits per heavy atom. The van der Waals surface area contributed by atoms with Gasteiger partial charge in [-0.25, -0.2) is 8.42 Å². The Hall–Kier alpha value is -1.92. The SMILES string of the molecule is Cc1cc(Br)cc(C)c1S(=O)(=O)Nc1cccc2ncccc12. The maximum absolute atomic E-state index is 12.9. The molecule has 6 heteroatoms. The normalized spacial score (nSPS) is 11.6. The first-order valence-electron chi connectivity index (χ1n) is 7.02. The molecule has 2 aromatic carbocycles. The van der Waals surface area contributed by atoms with Crippen LogP contribution in [0, 0.1) is 13.8 Å². The average Bonchev–Trinajstić information content (AvgIpc) is 2.45. The molecule has 0 amide bonds. The van der Waals surface area contributed by atoms with E-state index in [-0.39, 0.29) is 0 Å². The summed E-state index contributed by atoms with van der Waals surface area (Å²) >= 11 is 3.39. The van der Waals surface area contributed by atoms with Crippen molar-refractivity contribution in [3.05, 3.63) is 64.3 Å². The van der Waals surface area contributed by atoms with Gasteiger partial charge in [-0.3, -0.25) is 9.71 Å². The summed E-state index contributed by atoms with van der Waals surface area (Å²) in [6.45, 7) is 3.58. The molecule has 0 aliphatic heterocycles. The highest BCUT2D eigenvalue weighted by molar-refractivity contribution is 9.10. The summed E-state index contributed by atoms with van der Waals surface area (Å²) in [5.74, 6) is 0. The summed E-state index contributed by atoms with van der Waals surface area (Å²) in [6, 6.07) is 12.6. The van der Waals surface area contributed by atoms with Gasteiger partial charge < -0.3 is 0 Å². The van der Waals surface area contributed by atoms with Gasteiger partial charge in [0.15, 0.2) is 0 Å². The van der Waals surface area contributed by atoms with E-state index >= 15 is 0 Å². The van der Waals surface area contributed by atoms with Gasteiger partial charge in [-0.2, -0.15) is 0 Å². The number of halogens is 1.